The minimum absolute atomic E-state index is 0.00336. The summed E-state index contributed by atoms with van der Waals surface area (Å²) in [6, 6.07) is 36.8. The molecule has 6 aromatic rings. The van der Waals surface area contributed by atoms with E-state index in [-0.39, 0.29) is 39.2 Å². The number of benzene rings is 5. The molecule has 3 heterocycles. The molecule has 0 saturated heterocycles. The van der Waals surface area contributed by atoms with Gasteiger partial charge in [0.1, 0.15) is 6.26 Å². The summed E-state index contributed by atoms with van der Waals surface area (Å²) >= 11 is 3.43. The number of thiol groups is 1. The van der Waals surface area contributed by atoms with Gasteiger partial charge in [-0.1, -0.05) is 121 Å². The second-order valence-corrected chi connectivity index (χ2v) is 26.9. The van der Waals surface area contributed by atoms with E-state index >= 15 is 0 Å². The van der Waals surface area contributed by atoms with Crippen LogP contribution in [-0.2, 0) is 44.3 Å². The predicted octanol–water partition coefficient (Wildman–Crippen LogP) is 14.9. The highest BCUT2D eigenvalue weighted by molar-refractivity contribution is 7.77. The van der Waals surface area contributed by atoms with Crippen molar-refractivity contribution in [3.63, 3.8) is 0 Å². The Morgan fingerprint density at radius 3 is 1.72 bits per heavy atom. The summed E-state index contributed by atoms with van der Waals surface area (Å²) in [4.78, 5) is 8.37. The lowest BCUT2D eigenvalue weighted by atomic mass is 9.35. The maximum Gasteiger partial charge on any atom is 0.264 e. The Bertz CT molecular complexity index is 2890. The van der Waals surface area contributed by atoms with Crippen LogP contribution in [0.2, 0.25) is 0 Å². The monoisotopic (exact) mass is 896 g/mol. The predicted molar refractivity (Wildman–Crippen MR) is 289 cm³/mol. The summed E-state index contributed by atoms with van der Waals surface area (Å²) in [5.41, 5.74) is 22.3. The number of fused-ring (bicyclic) bond motifs is 7. The van der Waals surface area contributed by atoms with Gasteiger partial charge in [0.25, 0.3) is 6.71 Å². The third kappa shape index (κ3) is 7.02. The van der Waals surface area contributed by atoms with E-state index in [9.17, 15) is 0 Å². The molecule has 0 atom stereocenters. The lowest BCUT2D eigenvalue weighted by Crippen LogP contribution is -2.61. The Kier molecular flexibility index (Phi) is 10.1. The van der Waals surface area contributed by atoms with Gasteiger partial charge in [-0.25, -0.2) is 0 Å². The first-order chi connectivity index (χ1) is 30.3. The van der Waals surface area contributed by atoms with Gasteiger partial charge in [0.15, 0.2) is 4.90 Å². The fraction of sp³-hybridized carbons (Fsp3) is 0.433. The van der Waals surface area contributed by atoms with E-state index in [1.54, 1.807) is 10.4 Å². The van der Waals surface area contributed by atoms with E-state index in [0.29, 0.717) is 0 Å². The van der Waals surface area contributed by atoms with Gasteiger partial charge in [-0.3, -0.25) is 0 Å². The van der Waals surface area contributed by atoms with Crippen molar-refractivity contribution in [3.8, 4) is 11.1 Å². The van der Waals surface area contributed by atoms with Crippen LogP contribution in [0.5, 0.6) is 0 Å². The molecule has 5 aromatic carbocycles. The number of nitrogens with zero attached hydrogens (tertiary/aromatic N) is 2. The van der Waals surface area contributed by atoms with Gasteiger partial charge in [-0.05, 0) is 182 Å². The Labute approximate surface area is 400 Å². The smallest absolute Gasteiger partial charge is 0.264 e. The van der Waals surface area contributed by atoms with Crippen molar-refractivity contribution in [3.05, 3.63) is 129 Å². The molecular formula is C60H72BN2S2+. The molecule has 10 rings (SSSR count). The molecule has 2 aliphatic heterocycles. The highest BCUT2D eigenvalue weighted by atomic mass is 32.2. The average Bonchev–Trinajstić information content (AvgIpc) is 3.66. The minimum Gasteiger partial charge on any atom is -0.311 e. The van der Waals surface area contributed by atoms with Crippen LogP contribution in [0.15, 0.2) is 95.9 Å². The van der Waals surface area contributed by atoms with Gasteiger partial charge in [0.05, 0.1) is 11.4 Å². The molecule has 2 nitrogen and oxygen atoms in total. The molecule has 0 unspecified atom stereocenters. The van der Waals surface area contributed by atoms with Gasteiger partial charge < -0.3 is 9.80 Å². The fourth-order valence-electron chi connectivity index (χ4n) is 11.8. The quantitative estimate of drug-likeness (QED) is 0.0987. The Hall–Kier alpha value is -4.19. The molecule has 0 fully saturated rings. The minimum atomic E-state index is -0.00336. The van der Waals surface area contributed by atoms with Crippen LogP contribution >= 0.6 is 11.3 Å². The number of rotatable bonds is 4. The summed E-state index contributed by atoms with van der Waals surface area (Å²) in [6.45, 7) is 36.5. The van der Waals surface area contributed by atoms with E-state index in [2.05, 4.69) is 222 Å². The molecule has 65 heavy (non-hydrogen) atoms. The molecule has 2 aliphatic carbocycles. The fourth-order valence-corrected chi connectivity index (χ4v) is 14.0. The standard InChI is InChI=1S/C60H71BN2S2/c1-36-31-48-51-49(32-36)63(46-26-21-39(56(5,6)7)33-42(46)37-17-24-41(64-16)25-18-37)47-35-44-43(57(8,9)27-28-58(44,10)11)34-45(47)61(51)54-52(50-53(65-54)60(14,15)30-29-59(50,12)13)62(48)40-22-19-38(20-23-40)55(2,3)4/h17-26,31-35H,27-30H2,1-16H3/p+1. The van der Waals surface area contributed by atoms with E-state index < -0.39 is 0 Å². The molecule has 0 radical (unpaired) electrons. The van der Waals surface area contributed by atoms with Crippen molar-refractivity contribution in [2.75, 3.05) is 16.1 Å². The van der Waals surface area contributed by atoms with Crippen molar-refractivity contribution in [1.29, 1.82) is 0 Å². The Morgan fingerprint density at radius 2 is 1.12 bits per heavy atom. The van der Waals surface area contributed by atoms with Gasteiger partial charge in [0.2, 0.25) is 0 Å². The van der Waals surface area contributed by atoms with Gasteiger partial charge in [-0.2, -0.15) is 11.3 Å². The van der Waals surface area contributed by atoms with Crippen LogP contribution in [0.1, 0.15) is 161 Å². The lowest BCUT2D eigenvalue weighted by molar-refractivity contribution is 0.332. The van der Waals surface area contributed by atoms with Crippen molar-refractivity contribution < 1.29 is 0 Å². The van der Waals surface area contributed by atoms with Crippen LogP contribution < -0.4 is 25.5 Å². The second-order valence-electron chi connectivity index (χ2n) is 24.9. The van der Waals surface area contributed by atoms with Gasteiger partial charge in [0, 0.05) is 49.7 Å². The Balaban J connectivity index is 1.36. The summed E-state index contributed by atoms with van der Waals surface area (Å²) in [7, 11) is 0. The summed E-state index contributed by atoms with van der Waals surface area (Å²) in [5, 5.41) is 0. The summed E-state index contributed by atoms with van der Waals surface area (Å²) in [5.74, 6) is 0. The molecule has 1 aromatic heterocycles. The maximum atomic E-state index is 2.73. The van der Waals surface area contributed by atoms with Crippen molar-refractivity contribution in [2.24, 2.45) is 0 Å². The first-order valence-corrected chi connectivity index (χ1v) is 26.5. The van der Waals surface area contributed by atoms with E-state index in [4.69, 9.17) is 0 Å². The normalized spacial score (nSPS) is 18.7. The largest absolute Gasteiger partial charge is 0.311 e. The van der Waals surface area contributed by atoms with Gasteiger partial charge in [-0.15, -0.1) is 0 Å². The number of anilines is 6. The highest BCUT2D eigenvalue weighted by Crippen LogP contribution is 2.57. The molecule has 0 amide bonds. The molecule has 0 N–H and O–H groups in total. The molecule has 4 aliphatic rings. The molecule has 0 bridgehead atoms. The number of aryl methyl sites for hydroxylation is 1. The van der Waals surface area contributed by atoms with Crippen molar-refractivity contribution >= 4 is 79.6 Å². The lowest BCUT2D eigenvalue weighted by Gasteiger charge is -2.48. The molecule has 0 spiro atoms. The van der Waals surface area contributed by atoms with Crippen LogP contribution in [0.4, 0.5) is 34.1 Å². The van der Waals surface area contributed by atoms with Crippen LogP contribution in [0, 0.1) is 6.92 Å². The third-order valence-electron chi connectivity index (χ3n) is 16.2. The third-order valence-corrected chi connectivity index (χ3v) is 18.6. The zero-order valence-corrected chi connectivity index (χ0v) is 44.0. The SMILES string of the molecule is C[SH+]c1ccc(-c2cc(C(C)(C)C)ccc2N2c3cc4c(cc3B3c5sc6c(c5N(c5ccc(C(C)(C)C)cc5)c5cc(C)cc2c53)C(C)(C)CCC6(C)C)C(C)(C)CCC4(C)C)cc1. The van der Waals surface area contributed by atoms with E-state index in [1.165, 1.54) is 131 Å². The van der Waals surface area contributed by atoms with Crippen LogP contribution in [0.25, 0.3) is 11.1 Å². The summed E-state index contributed by atoms with van der Waals surface area (Å²) in [6.07, 6.45) is 6.97. The first kappa shape index (κ1) is 44.6. The van der Waals surface area contributed by atoms with E-state index in [1.807, 2.05) is 0 Å². The van der Waals surface area contributed by atoms with Crippen molar-refractivity contribution in [1.82, 2.24) is 0 Å². The number of hydrogen-bond donors (Lipinski definition) is 0. The molecule has 5 heteroatoms. The first-order valence-electron chi connectivity index (χ1n) is 24.4. The van der Waals surface area contributed by atoms with E-state index in [0.717, 1.165) is 0 Å². The number of thiophene rings is 1. The van der Waals surface area contributed by atoms with Gasteiger partial charge >= 0.3 is 0 Å². The summed E-state index contributed by atoms with van der Waals surface area (Å²) < 4.78 is 1.52. The highest BCUT2D eigenvalue weighted by Gasteiger charge is 2.52. The zero-order chi connectivity index (χ0) is 46.6. The average molecular weight is 896 g/mol. The van der Waals surface area contributed by atoms with Crippen molar-refractivity contribution in [2.45, 2.75) is 167 Å². The van der Waals surface area contributed by atoms with Crippen LogP contribution in [-0.4, -0.2) is 13.0 Å². The number of hydrogen-bond acceptors (Lipinski definition) is 3. The topological polar surface area (TPSA) is 6.48 Å². The molecule has 336 valence electrons. The molecule has 0 saturated carbocycles. The Morgan fingerprint density at radius 1 is 0.569 bits per heavy atom. The zero-order valence-electron chi connectivity index (χ0n) is 42.3. The maximum absolute atomic E-state index is 2.73. The molecular weight excluding hydrogens is 824 g/mol. The second kappa shape index (κ2) is 14.7. The van der Waals surface area contributed by atoms with Crippen LogP contribution in [0.3, 0.4) is 0 Å².